The van der Waals surface area contributed by atoms with Crippen LogP contribution in [-0.2, 0) is 12.8 Å². The Morgan fingerprint density at radius 1 is 1.06 bits per heavy atom. The molecule has 94 valence electrons. The minimum Gasteiger partial charge on any atom is -0.398 e. The summed E-state index contributed by atoms with van der Waals surface area (Å²) >= 11 is 0. The second-order valence-corrected chi connectivity index (χ2v) is 4.20. The van der Waals surface area contributed by atoms with Crippen LogP contribution in [0.1, 0.15) is 11.1 Å². The van der Waals surface area contributed by atoms with Gasteiger partial charge in [-0.2, -0.15) is 0 Å². The number of hydrazine groups is 1. The third-order valence-electron chi connectivity index (χ3n) is 2.87. The first kappa shape index (κ1) is 12.5. The summed E-state index contributed by atoms with van der Waals surface area (Å²) in [6, 6.07) is 5.89. The summed E-state index contributed by atoms with van der Waals surface area (Å²) in [5.74, 6) is 5.59. The molecule has 2 rings (SSSR count). The van der Waals surface area contributed by atoms with Crippen molar-refractivity contribution in [2.75, 3.05) is 5.73 Å². The van der Waals surface area contributed by atoms with Crippen LogP contribution < -0.4 is 17.0 Å². The molecule has 18 heavy (non-hydrogen) atoms. The van der Waals surface area contributed by atoms with E-state index in [2.05, 4.69) is 15.4 Å². The van der Waals surface area contributed by atoms with Gasteiger partial charge >= 0.3 is 0 Å². The van der Waals surface area contributed by atoms with E-state index in [0.717, 1.165) is 24.1 Å². The molecule has 1 atom stereocenters. The highest BCUT2D eigenvalue weighted by atomic mass is 15.2. The average molecular weight is 243 g/mol. The molecule has 0 amide bonds. The molecule has 5 N–H and O–H groups in total. The normalized spacial score (nSPS) is 12.3. The van der Waals surface area contributed by atoms with E-state index in [-0.39, 0.29) is 6.04 Å². The van der Waals surface area contributed by atoms with E-state index in [1.165, 1.54) is 5.56 Å². The van der Waals surface area contributed by atoms with Crippen molar-refractivity contribution < 1.29 is 0 Å². The number of rotatable bonds is 5. The Labute approximate surface area is 106 Å². The monoisotopic (exact) mass is 243 g/mol. The van der Waals surface area contributed by atoms with Gasteiger partial charge in [-0.3, -0.25) is 21.2 Å². The van der Waals surface area contributed by atoms with Gasteiger partial charge in [0.1, 0.15) is 0 Å². The lowest BCUT2D eigenvalue weighted by atomic mass is 10.0. The lowest BCUT2D eigenvalue weighted by molar-refractivity contribution is 0.522. The minimum absolute atomic E-state index is 0.124. The molecule has 0 aliphatic heterocycles. The summed E-state index contributed by atoms with van der Waals surface area (Å²) in [5.41, 5.74) is 11.7. The quantitative estimate of drug-likeness (QED) is 0.530. The van der Waals surface area contributed by atoms with Gasteiger partial charge in [0.15, 0.2) is 0 Å². The van der Waals surface area contributed by atoms with E-state index in [9.17, 15) is 0 Å². The van der Waals surface area contributed by atoms with E-state index in [1.54, 1.807) is 30.9 Å². The molecule has 0 aromatic carbocycles. The number of aromatic nitrogens is 2. The third-order valence-corrected chi connectivity index (χ3v) is 2.87. The maximum atomic E-state index is 5.90. The van der Waals surface area contributed by atoms with Gasteiger partial charge < -0.3 is 5.73 Å². The van der Waals surface area contributed by atoms with Crippen LogP contribution in [0.15, 0.2) is 43.0 Å². The second kappa shape index (κ2) is 6.09. The fourth-order valence-corrected chi connectivity index (χ4v) is 1.87. The van der Waals surface area contributed by atoms with Crippen molar-refractivity contribution in [2.45, 2.75) is 18.9 Å². The van der Waals surface area contributed by atoms with Crippen molar-refractivity contribution in [3.63, 3.8) is 0 Å². The highest BCUT2D eigenvalue weighted by Gasteiger charge is 2.10. The van der Waals surface area contributed by atoms with Crippen molar-refractivity contribution in [2.24, 2.45) is 5.84 Å². The zero-order chi connectivity index (χ0) is 12.8. The molecule has 2 aromatic heterocycles. The van der Waals surface area contributed by atoms with E-state index in [4.69, 9.17) is 11.6 Å². The van der Waals surface area contributed by atoms with E-state index in [1.807, 2.05) is 12.1 Å². The lowest BCUT2D eigenvalue weighted by Gasteiger charge is -2.16. The Morgan fingerprint density at radius 2 is 1.78 bits per heavy atom. The summed E-state index contributed by atoms with van der Waals surface area (Å²) in [6.45, 7) is 0. The molecule has 5 heteroatoms. The largest absolute Gasteiger partial charge is 0.398 e. The fourth-order valence-electron chi connectivity index (χ4n) is 1.87. The molecular formula is C13H17N5. The molecule has 0 spiro atoms. The summed E-state index contributed by atoms with van der Waals surface area (Å²) in [5, 5.41) is 0. The van der Waals surface area contributed by atoms with Gasteiger partial charge in [-0.25, -0.2) is 0 Å². The number of nitrogens with one attached hydrogen (secondary N) is 1. The highest BCUT2D eigenvalue weighted by Crippen LogP contribution is 2.13. The van der Waals surface area contributed by atoms with Crippen LogP contribution in [0.3, 0.4) is 0 Å². The Balaban J connectivity index is 2.04. The van der Waals surface area contributed by atoms with Crippen LogP contribution in [0, 0.1) is 0 Å². The van der Waals surface area contributed by atoms with Crippen LogP contribution in [0.25, 0.3) is 0 Å². The third kappa shape index (κ3) is 3.26. The van der Waals surface area contributed by atoms with Crippen molar-refractivity contribution in [3.05, 3.63) is 54.1 Å². The number of nitrogens with zero attached hydrogens (tertiary/aromatic N) is 2. The van der Waals surface area contributed by atoms with Gasteiger partial charge in [-0.1, -0.05) is 0 Å². The SMILES string of the molecule is NNC(Cc1ccncc1)Cc1cnccc1N. The summed E-state index contributed by atoms with van der Waals surface area (Å²) in [6.07, 6.45) is 8.60. The molecule has 0 bridgehead atoms. The first-order valence-corrected chi connectivity index (χ1v) is 5.83. The van der Waals surface area contributed by atoms with Crippen LogP contribution in [-0.4, -0.2) is 16.0 Å². The Hall–Kier alpha value is -1.98. The maximum absolute atomic E-state index is 5.90. The molecule has 0 aliphatic carbocycles. The summed E-state index contributed by atoms with van der Waals surface area (Å²) in [4.78, 5) is 8.08. The topological polar surface area (TPSA) is 89.8 Å². The molecule has 0 aliphatic rings. The molecule has 2 aromatic rings. The predicted octanol–water partition coefficient (Wildman–Crippen LogP) is 0.676. The van der Waals surface area contributed by atoms with Gasteiger partial charge in [0.25, 0.3) is 0 Å². The van der Waals surface area contributed by atoms with Gasteiger partial charge in [-0.15, -0.1) is 0 Å². The summed E-state index contributed by atoms with van der Waals surface area (Å²) in [7, 11) is 0. The predicted molar refractivity (Wildman–Crippen MR) is 71.4 cm³/mol. The minimum atomic E-state index is 0.124. The number of anilines is 1. The molecule has 0 saturated carbocycles. The van der Waals surface area contributed by atoms with Crippen LogP contribution in [0.2, 0.25) is 0 Å². The number of nitrogens with two attached hydrogens (primary N) is 2. The number of pyridine rings is 2. The van der Waals surface area contributed by atoms with Gasteiger partial charge in [-0.05, 0) is 42.2 Å². The molecule has 5 nitrogen and oxygen atoms in total. The van der Waals surface area contributed by atoms with Crippen molar-refractivity contribution in [1.29, 1.82) is 0 Å². The second-order valence-electron chi connectivity index (χ2n) is 4.20. The van der Waals surface area contributed by atoms with Crippen LogP contribution in [0.5, 0.6) is 0 Å². The highest BCUT2D eigenvalue weighted by molar-refractivity contribution is 5.44. The van der Waals surface area contributed by atoms with Gasteiger partial charge in [0, 0.05) is 36.5 Å². The standard InChI is InChI=1S/C13H17N5/c14-13-3-6-17-9-11(13)8-12(18-15)7-10-1-4-16-5-2-10/h1-6,9,12,18H,7-8,15H2,(H2,14,17). The molecule has 0 saturated heterocycles. The Bertz CT molecular complexity index is 486. The Kier molecular flexibility index (Phi) is 4.22. The molecule has 0 radical (unpaired) electrons. The van der Waals surface area contributed by atoms with Crippen molar-refractivity contribution in [3.8, 4) is 0 Å². The zero-order valence-electron chi connectivity index (χ0n) is 10.1. The lowest BCUT2D eigenvalue weighted by Crippen LogP contribution is -2.38. The first-order chi connectivity index (χ1) is 8.79. The van der Waals surface area contributed by atoms with Crippen LogP contribution >= 0.6 is 0 Å². The molecule has 0 fully saturated rings. The van der Waals surface area contributed by atoms with E-state index >= 15 is 0 Å². The summed E-state index contributed by atoms with van der Waals surface area (Å²) < 4.78 is 0. The Morgan fingerprint density at radius 3 is 2.44 bits per heavy atom. The van der Waals surface area contributed by atoms with Crippen molar-refractivity contribution >= 4 is 5.69 Å². The fraction of sp³-hybridized carbons (Fsp3) is 0.231. The maximum Gasteiger partial charge on any atom is 0.0378 e. The smallest absolute Gasteiger partial charge is 0.0378 e. The zero-order valence-corrected chi connectivity index (χ0v) is 10.1. The van der Waals surface area contributed by atoms with E-state index in [0.29, 0.717) is 0 Å². The van der Waals surface area contributed by atoms with Gasteiger partial charge in [0.2, 0.25) is 0 Å². The molecule has 2 heterocycles. The number of hydrogen-bond acceptors (Lipinski definition) is 5. The number of nitrogen functional groups attached to an aromatic ring is 1. The van der Waals surface area contributed by atoms with Crippen molar-refractivity contribution in [1.82, 2.24) is 15.4 Å². The average Bonchev–Trinajstić information content (AvgIpc) is 2.41. The van der Waals surface area contributed by atoms with E-state index < -0.39 is 0 Å². The van der Waals surface area contributed by atoms with Crippen LogP contribution in [0.4, 0.5) is 5.69 Å². The molecule has 1 unspecified atom stereocenters. The first-order valence-electron chi connectivity index (χ1n) is 5.83. The number of hydrogen-bond donors (Lipinski definition) is 3. The van der Waals surface area contributed by atoms with Gasteiger partial charge in [0.05, 0.1) is 0 Å². The molecular weight excluding hydrogens is 226 g/mol.